The van der Waals surface area contributed by atoms with Crippen LogP contribution >= 0.6 is 0 Å². The topological polar surface area (TPSA) is 102 Å². The Bertz CT molecular complexity index is 1380. The lowest BCUT2D eigenvalue weighted by Gasteiger charge is -2.13. The molecular formula is C19H14F2N4O4S. The van der Waals surface area contributed by atoms with Crippen molar-refractivity contribution in [2.24, 2.45) is 0 Å². The van der Waals surface area contributed by atoms with Crippen molar-refractivity contribution in [1.29, 1.82) is 0 Å². The van der Waals surface area contributed by atoms with E-state index in [2.05, 4.69) is 10.1 Å². The fraction of sp³-hybridized carbons (Fsp3) is 0.263. The monoisotopic (exact) mass is 432 g/mol. The largest absolute Gasteiger partial charge is 0.268 e. The lowest BCUT2D eigenvalue weighted by atomic mass is 10.1. The summed E-state index contributed by atoms with van der Waals surface area (Å²) in [6.07, 6.45) is 1.62. The lowest BCUT2D eigenvalue weighted by molar-refractivity contribution is 0.0926. The predicted molar refractivity (Wildman–Crippen MR) is 102 cm³/mol. The summed E-state index contributed by atoms with van der Waals surface area (Å²) >= 11 is 0. The number of halogens is 2. The number of aromatic nitrogens is 3. The number of pyridine rings is 1. The number of aryl methyl sites for hydroxylation is 1. The molecule has 0 aliphatic carbocycles. The number of amides is 2. The van der Waals surface area contributed by atoms with E-state index in [4.69, 9.17) is 0 Å². The van der Waals surface area contributed by atoms with E-state index in [0.717, 1.165) is 23.1 Å². The van der Waals surface area contributed by atoms with Crippen LogP contribution in [0, 0.1) is 18.6 Å². The molecule has 0 bridgehead atoms. The van der Waals surface area contributed by atoms with Gasteiger partial charge in [-0.1, -0.05) is 0 Å². The quantitative estimate of drug-likeness (QED) is 0.575. The first-order chi connectivity index (χ1) is 14.2. The van der Waals surface area contributed by atoms with Gasteiger partial charge in [-0.2, -0.15) is 5.10 Å². The van der Waals surface area contributed by atoms with Crippen molar-refractivity contribution < 1.29 is 26.8 Å². The molecule has 8 nitrogen and oxygen atoms in total. The molecule has 0 saturated carbocycles. The van der Waals surface area contributed by atoms with E-state index < -0.39 is 39.3 Å². The molecule has 30 heavy (non-hydrogen) atoms. The van der Waals surface area contributed by atoms with Crippen LogP contribution in [0.5, 0.6) is 0 Å². The van der Waals surface area contributed by atoms with Crippen molar-refractivity contribution in [3.05, 3.63) is 52.9 Å². The molecule has 2 amide bonds. The molecule has 0 radical (unpaired) electrons. The number of nitrogens with zero attached hydrogens (tertiary/aromatic N) is 4. The van der Waals surface area contributed by atoms with Gasteiger partial charge >= 0.3 is 0 Å². The van der Waals surface area contributed by atoms with Gasteiger partial charge in [0.2, 0.25) is 0 Å². The molecule has 0 spiro atoms. The number of carbonyl (C=O) groups is 2. The van der Waals surface area contributed by atoms with Crippen LogP contribution in [-0.2, 0) is 9.84 Å². The lowest BCUT2D eigenvalue weighted by Crippen LogP contribution is -2.29. The summed E-state index contributed by atoms with van der Waals surface area (Å²) in [7, 11) is -3.17. The van der Waals surface area contributed by atoms with Crippen LogP contribution in [0.25, 0.3) is 11.0 Å². The number of sulfone groups is 1. The van der Waals surface area contributed by atoms with E-state index in [1.165, 1.54) is 10.9 Å². The number of rotatable bonds is 2. The SMILES string of the molecule is Cc1nn(C2CCS(=O)(=O)C2)c2ncc3c(c12)C(=O)N(c1ccc(F)c(F)c1)C3=O. The second-order valence-corrected chi connectivity index (χ2v) is 9.61. The number of fused-ring (bicyclic) bond motifs is 3. The van der Waals surface area contributed by atoms with Crippen LogP contribution in [0.2, 0.25) is 0 Å². The smallest absolute Gasteiger partial charge is 0.267 e. The van der Waals surface area contributed by atoms with E-state index in [-0.39, 0.29) is 28.3 Å². The van der Waals surface area contributed by atoms with Gasteiger partial charge in [0.25, 0.3) is 11.8 Å². The third kappa shape index (κ3) is 2.58. The molecule has 1 atom stereocenters. The number of benzene rings is 1. The zero-order valence-corrected chi connectivity index (χ0v) is 16.4. The Kier molecular flexibility index (Phi) is 3.85. The van der Waals surface area contributed by atoms with Crippen LogP contribution in [0.4, 0.5) is 14.5 Å². The fourth-order valence-electron chi connectivity index (χ4n) is 4.07. The minimum Gasteiger partial charge on any atom is -0.268 e. The minimum absolute atomic E-state index is 0.0268. The van der Waals surface area contributed by atoms with Crippen molar-refractivity contribution in [3.63, 3.8) is 0 Å². The molecule has 5 rings (SSSR count). The molecule has 1 aromatic carbocycles. The van der Waals surface area contributed by atoms with E-state index >= 15 is 0 Å². The average Bonchev–Trinajstić information content (AvgIpc) is 3.30. The van der Waals surface area contributed by atoms with Gasteiger partial charge in [-0.15, -0.1) is 0 Å². The van der Waals surface area contributed by atoms with Crippen LogP contribution in [0.15, 0.2) is 24.4 Å². The van der Waals surface area contributed by atoms with Gasteiger partial charge in [0.1, 0.15) is 0 Å². The Morgan fingerprint density at radius 3 is 2.57 bits per heavy atom. The molecule has 1 fully saturated rings. The number of hydrogen-bond acceptors (Lipinski definition) is 6. The Morgan fingerprint density at radius 1 is 1.13 bits per heavy atom. The molecular weight excluding hydrogens is 418 g/mol. The van der Waals surface area contributed by atoms with Gasteiger partial charge in [-0.05, 0) is 25.5 Å². The molecule has 2 aliphatic heterocycles. The summed E-state index contributed by atoms with van der Waals surface area (Å²) in [6, 6.07) is 2.35. The number of carbonyl (C=O) groups excluding carboxylic acids is 2. The summed E-state index contributed by atoms with van der Waals surface area (Å²) in [4.78, 5) is 31.0. The molecule has 3 aromatic rings. The Morgan fingerprint density at radius 2 is 1.90 bits per heavy atom. The highest BCUT2D eigenvalue weighted by molar-refractivity contribution is 7.91. The van der Waals surface area contributed by atoms with Gasteiger partial charge in [0, 0.05) is 12.3 Å². The molecule has 1 saturated heterocycles. The highest BCUT2D eigenvalue weighted by Gasteiger charge is 2.41. The molecule has 2 aromatic heterocycles. The number of hydrogen-bond donors (Lipinski definition) is 0. The predicted octanol–water partition coefficient (Wildman–Crippen LogP) is 2.18. The first kappa shape index (κ1) is 18.8. The van der Waals surface area contributed by atoms with Crippen LogP contribution < -0.4 is 4.90 Å². The average molecular weight is 432 g/mol. The van der Waals surface area contributed by atoms with Crippen molar-refractivity contribution >= 4 is 38.4 Å². The Balaban J connectivity index is 1.66. The van der Waals surface area contributed by atoms with Crippen molar-refractivity contribution in [2.75, 3.05) is 16.4 Å². The van der Waals surface area contributed by atoms with Gasteiger partial charge in [-0.25, -0.2) is 31.8 Å². The van der Waals surface area contributed by atoms with E-state index in [1.807, 2.05) is 0 Å². The molecule has 1 unspecified atom stereocenters. The maximum absolute atomic E-state index is 13.7. The second-order valence-electron chi connectivity index (χ2n) is 7.38. The van der Waals surface area contributed by atoms with Crippen LogP contribution in [-0.4, -0.2) is 46.5 Å². The van der Waals surface area contributed by atoms with Crippen LogP contribution in [0.1, 0.15) is 38.9 Å². The third-order valence-electron chi connectivity index (χ3n) is 5.46. The Hall–Kier alpha value is -3.21. The normalized spacial score (nSPS) is 20.4. The summed E-state index contributed by atoms with van der Waals surface area (Å²) < 4.78 is 52.2. The first-order valence-electron chi connectivity index (χ1n) is 9.10. The summed E-state index contributed by atoms with van der Waals surface area (Å²) in [5, 5.41) is 4.74. The second kappa shape index (κ2) is 6.14. The fourth-order valence-corrected chi connectivity index (χ4v) is 5.76. The summed E-state index contributed by atoms with van der Waals surface area (Å²) in [5.74, 6) is -3.71. The number of imide groups is 1. The van der Waals surface area contributed by atoms with Crippen molar-refractivity contribution in [1.82, 2.24) is 14.8 Å². The maximum atomic E-state index is 13.7. The van der Waals surface area contributed by atoms with E-state index in [9.17, 15) is 26.8 Å². The van der Waals surface area contributed by atoms with Crippen molar-refractivity contribution in [3.8, 4) is 0 Å². The molecule has 11 heteroatoms. The van der Waals surface area contributed by atoms with Gasteiger partial charge in [-0.3, -0.25) is 9.59 Å². The highest BCUT2D eigenvalue weighted by Crippen LogP contribution is 2.36. The highest BCUT2D eigenvalue weighted by atomic mass is 32.2. The van der Waals surface area contributed by atoms with Gasteiger partial charge in [0.05, 0.1) is 45.4 Å². The minimum atomic E-state index is -3.17. The summed E-state index contributed by atoms with van der Waals surface area (Å²) in [5.41, 5.74) is 0.729. The van der Waals surface area contributed by atoms with Gasteiger partial charge < -0.3 is 0 Å². The van der Waals surface area contributed by atoms with Gasteiger partial charge in [0.15, 0.2) is 27.1 Å². The number of anilines is 1. The zero-order chi connectivity index (χ0) is 21.4. The van der Waals surface area contributed by atoms with Crippen LogP contribution in [0.3, 0.4) is 0 Å². The first-order valence-corrected chi connectivity index (χ1v) is 10.9. The van der Waals surface area contributed by atoms with Crippen molar-refractivity contribution in [2.45, 2.75) is 19.4 Å². The zero-order valence-electron chi connectivity index (χ0n) is 15.6. The summed E-state index contributed by atoms with van der Waals surface area (Å²) in [6.45, 7) is 1.64. The van der Waals surface area contributed by atoms with E-state index in [0.29, 0.717) is 23.1 Å². The third-order valence-corrected chi connectivity index (χ3v) is 7.21. The molecule has 0 N–H and O–H groups in total. The Labute approximate surface area is 169 Å². The molecule has 154 valence electrons. The maximum Gasteiger partial charge on any atom is 0.267 e. The van der Waals surface area contributed by atoms with E-state index in [1.54, 1.807) is 6.92 Å². The standard InChI is InChI=1S/C19H14F2N4O4S/c1-9-15-16-12(7-22-17(15)25(23-9)11-4-5-30(28,29)8-11)18(26)24(19(16)27)10-2-3-13(20)14(21)6-10/h2-3,6-7,11H,4-5,8H2,1H3. The molecule has 2 aliphatic rings. The molecule has 4 heterocycles.